The van der Waals surface area contributed by atoms with Crippen LogP contribution in [0.2, 0.25) is 0 Å². The average molecular weight is 483 g/mol. The predicted molar refractivity (Wildman–Crippen MR) is 144 cm³/mol. The maximum atomic E-state index is 13.2. The smallest absolute Gasteiger partial charge is 0.274 e. The predicted octanol–water partition coefficient (Wildman–Crippen LogP) is 3.83. The topological polar surface area (TPSA) is 99.5 Å². The number of para-hydroxylation sites is 2. The fraction of sp³-hybridized carbons (Fsp3) is 0.259. The quantitative estimate of drug-likeness (QED) is 0.344. The molecule has 36 heavy (non-hydrogen) atoms. The Morgan fingerprint density at radius 3 is 2.69 bits per heavy atom. The summed E-state index contributed by atoms with van der Waals surface area (Å²) >= 11 is 0. The molecule has 1 amide bonds. The lowest BCUT2D eigenvalue weighted by atomic mass is 10.1. The van der Waals surface area contributed by atoms with E-state index in [-0.39, 0.29) is 5.91 Å². The number of aromatic nitrogens is 4. The molecule has 1 aliphatic heterocycles. The minimum absolute atomic E-state index is 0.260. The van der Waals surface area contributed by atoms with E-state index in [1.54, 1.807) is 29.2 Å². The lowest BCUT2D eigenvalue weighted by molar-refractivity contribution is 0.102. The van der Waals surface area contributed by atoms with Crippen molar-refractivity contribution in [2.75, 3.05) is 48.3 Å². The van der Waals surface area contributed by atoms with E-state index in [0.29, 0.717) is 11.3 Å². The van der Waals surface area contributed by atoms with Crippen molar-refractivity contribution in [1.82, 2.24) is 24.9 Å². The molecule has 3 aromatic heterocycles. The number of amides is 1. The Labute approximate surface area is 210 Å². The highest BCUT2D eigenvalue weighted by Gasteiger charge is 2.18. The molecule has 1 fully saturated rings. The van der Waals surface area contributed by atoms with Crippen molar-refractivity contribution in [3.63, 3.8) is 0 Å². The Morgan fingerprint density at radius 1 is 1.08 bits per heavy atom. The number of nitrogens with one attached hydrogen (secondary N) is 3. The molecule has 184 valence electrons. The van der Waals surface area contributed by atoms with Crippen molar-refractivity contribution in [2.45, 2.75) is 13.8 Å². The van der Waals surface area contributed by atoms with Crippen LogP contribution in [0.1, 0.15) is 24.3 Å². The van der Waals surface area contributed by atoms with Crippen LogP contribution in [0.5, 0.6) is 0 Å². The number of hydrogen-bond acceptors (Lipinski definition) is 7. The number of allylic oxidation sites excluding steroid dienone is 1. The van der Waals surface area contributed by atoms with E-state index in [1.165, 1.54) is 5.57 Å². The van der Waals surface area contributed by atoms with E-state index in [0.717, 1.165) is 61.0 Å². The van der Waals surface area contributed by atoms with Crippen molar-refractivity contribution >= 4 is 28.7 Å². The van der Waals surface area contributed by atoms with E-state index in [2.05, 4.69) is 55.8 Å². The minimum Gasteiger partial charge on any atom is -0.367 e. The first-order chi connectivity index (χ1) is 17.6. The molecule has 0 atom stereocenters. The van der Waals surface area contributed by atoms with Crippen molar-refractivity contribution < 1.29 is 4.79 Å². The lowest BCUT2D eigenvalue weighted by Crippen LogP contribution is -2.43. The highest BCUT2D eigenvalue weighted by Crippen LogP contribution is 2.27. The van der Waals surface area contributed by atoms with Gasteiger partial charge >= 0.3 is 0 Å². The number of carbonyl (C=O) groups excluding carboxylic acids is 1. The highest BCUT2D eigenvalue weighted by atomic mass is 16.1. The number of rotatable bonds is 7. The number of fused-ring (bicyclic) bond motifs is 1. The monoisotopic (exact) mass is 482 g/mol. The molecule has 1 aromatic carbocycles. The Kier molecular flexibility index (Phi) is 6.90. The van der Waals surface area contributed by atoms with Crippen molar-refractivity contribution in [3.05, 3.63) is 78.4 Å². The summed E-state index contributed by atoms with van der Waals surface area (Å²) in [6.45, 7) is 8.49. The Morgan fingerprint density at radius 2 is 1.92 bits per heavy atom. The van der Waals surface area contributed by atoms with Gasteiger partial charge in [-0.25, -0.2) is 14.5 Å². The van der Waals surface area contributed by atoms with Gasteiger partial charge in [0.2, 0.25) is 0 Å². The first-order valence-corrected chi connectivity index (χ1v) is 12.1. The van der Waals surface area contributed by atoms with Gasteiger partial charge in [0.25, 0.3) is 5.91 Å². The summed E-state index contributed by atoms with van der Waals surface area (Å²) in [4.78, 5) is 24.6. The summed E-state index contributed by atoms with van der Waals surface area (Å²) in [5, 5.41) is 14.1. The summed E-state index contributed by atoms with van der Waals surface area (Å²) in [5.74, 6) is 0.535. The number of pyridine rings is 1. The third kappa shape index (κ3) is 5.21. The highest BCUT2D eigenvalue weighted by molar-refractivity contribution is 6.05. The van der Waals surface area contributed by atoms with Crippen LogP contribution >= 0.6 is 0 Å². The molecule has 4 aromatic rings. The van der Waals surface area contributed by atoms with E-state index in [9.17, 15) is 4.79 Å². The number of piperazine rings is 1. The summed E-state index contributed by atoms with van der Waals surface area (Å²) in [6, 6.07) is 13.5. The van der Waals surface area contributed by atoms with Crippen molar-refractivity contribution in [2.24, 2.45) is 0 Å². The zero-order chi connectivity index (χ0) is 24.9. The van der Waals surface area contributed by atoms with Crippen LogP contribution in [0.4, 0.5) is 17.2 Å². The normalized spacial score (nSPS) is 13.4. The van der Waals surface area contributed by atoms with Gasteiger partial charge in [-0.05, 0) is 44.2 Å². The Balaban J connectivity index is 1.36. The molecular weight excluding hydrogens is 452 g/mol. The molecule has 1 aliphatic rings. The van der Waals surface area contributed by atoms with Gasteiger partial charge in [-0.1, -0.05) is 23.8 Å². The van der Waals surface area contributed by atoms with Crippen LogP contribution in [-0.2, 0) is 0 Å². The van der Waals surface area contributed by atoms with Crippen LogP contribution in [0, 0.1) is 0 Å². The van der Waals surface area contributed by atoms with Gasteiger partial charge < -0.3 is 20.9 Å². The fourth-order valence-corrected chi connectivity index (χ4v) is 4.16. The molecule has 4 heterocycles. The molecule has 0 spiro atoms. The second kappa shape index (κ2) is 10.6. The molecule has 0 radical (unpaired) electrons. The van der Waals surface area contributed by atoms with E-state index < -0.39 is 0 Å². The van der Waals surface area contributed by atoms with Gasteiger partial charge in [0.15, 0.2) is 5.65 Å². The van der Waals surface area contributed by atoms with Crippen LogP contribution in [-0.4, -0.2) is 58.2 Å². The molecule has 0 bridgehead atoms. The van der Waals surface area contributed by atoms with Crippen LogP contribution in [0.3, 0.4) is 0 Å². The third-order valence-corrected chi connectivity index (χ3v) is 6.08. The second-order valence-corrected chi connectivity index (χ2v) is 8.94. The minimum atomic E-state index is -0.260. The van der Waals surface area contributed by atoms with E-state index in [4.69, 9.17) is 0 Å². The number of hydrogen-bond donors (Lipinski definition) is 3. The molecule has 9 nitrogen and oxygen atoms in total. The largest absolute Gasteiger partial charge is 0.367 e. The van der Waals surface area contributed by atoms with Gasteiger partial charge in [0.05, 0.1) is 17.6 Å². The third-order valence-electron chi connectivity index (χ3n) is 6.08. The molecule has 0 aliphatic carbocycles. The van der Waals surface area contributed by atoms with Crippen LogP contribution in [0.15, 0.2) is 72.7 Å². The second-order valence-electron chi connectivity index (χ2n) is 8.94. The van der Waals surface area contributed by atoms with Gasteiger partial charge in [-0.3, -0.25) is 4.79 Å². The number of benzene rings is 1. The molecule has 9 heteroatoms. The zero-order valence-corrected chi connectivity index (χ0v) is 20.5. The molecule has 1 saturated heterocycles. The van der Waals surface area contributed by atoms with Crippen LogP contribution < -0.4 is 20.9 Å². The van der Waals surface area contributed by atoms with Gasteiger partial charge in [0.1, 0.15) is 11.5 Å². The summed E-state index contributed by atoms with van der Waals surface area (Å²) in [5.41, 5.74) is 5.67. The SMILES string of the molecule is CC(C)=CCNc1ccc(-c2cnn3ccc(C(=O)Nc4ccccc4N4CCNCC4)nc23)cn1. The number of nitrogens with zero attached hydrogens (tertiary/aromatic N) is 5. The molecule has 3 N–H and O–H groups in total. The molecular formula is C27H30N8O. The summed E-state index contributed by atoms with van der Waals surface area (Å²) in [7, 11) is 0. The van der Waals surface area contributed by atoms with Crippen molar-refractivity contribution in [1.29, 1.82) is 0 Å². The van der Waals surface area contributed by atoms with Gasteiger partial charge in [0, 0.05) is 56.2 Å². The van der Waals surface area contributed by atoms with E-state index >= 15 is 0 Å². The van der Waals surface area contributed by atoms with Crippen molar-refractivity contribution in [3.8, 4) is 11.1 Å². The van der Waals surface area contributed by atoms with Gasteiger partial charge in [-0.15, -0.1) is 0 Å². The number of anilines is 3. The Hall–Kier alpha value is -4.24. The maximum Gasteiger partial charge on any atom is 0.274 e. The standard InChI is InChI=1S/C27H30N8O/c1-19(2)9-11-29-25-8-7-20(17-30-25)21-18-31-35-14-10-23(32-26(21)35)27(36)33-22-5-3-4-6-24(22)34-15-12-28-13-16-34/h3-10,14,17-18,28H,11-13,15-16H2,1-2H3,(H,29,30)(H,33,36). The van der Waals surface area contributed by atoms with Crippen LogP contribution in [0.25, 0.3) is 16.8 Å². The summed E-state index contributed by atoms with van der Waals surface area (Å²) < 4.78 is 1.67. The fourth-order valence-electron chi connectivity index (χ4n) is 4.16. The first-order valence-electron chi connectivity index (χ1n) is 12.1. The molecule has 0 unspecified atom stereocenters. The lowest BCUT2D eigenvalue weighted by Gasteiger charge is -2.31. The number of carbonyl (C=O) groups is 1. The zero-order valence-electron chi connectivity index (χ0n) is 20.5. The summed E-state index contributed by atoms with van der Waals surface area (Å²) in [6.07, 6.45) is 7.40. The van der Waals surface area contributed by atoms with E-state index in [1.807, 2.05) is 36.4 Å². The Bertz CT molecular complexity index is 1380. The molecule has 5 rings (SSSR count). The first kappa shape index (κ1) is 23.5. The molecule has 0 saturated carbocycles. The average Bonchev–Trinajstić information content (AvgIpc) is 3.33. The van der Waals surface area contributed by atoms with Gasteiger partial charge in [-0.2, -0.15) is 5.10 Å². The maximum absolute atomic E-state index is 13.2.